The molecular weight excluding hydrogens is 324 g/mol. The molecule has 1 unspecified atom stereocenters. The Hall–Kier alpha value is -2.14. The zero-order chi connectivity index (χ0) is 17.9. The van der Waals surface area contributed by atoms with Crippen LogP contribution >= 0.6 is 0 Å². The largest absolute Gasteiger partial charge is 0.355 e. The molecule has 1 aromatic heterocycles. The molecule has 0 aliphatic heterocycles. The highest BCUT2D eigenvalue weighted by molar-refractivity contribution is 5.93. The summed E-state index contributed by atoms with van der Waals surface area (Å²) in [4.78, 5) is 11.6. The molecule has 1 atom stereocenters. The molecule has 2 aliphatic rings. The third-order valence-electron chi connectivity index (χ3n) is 5.80. The molecule has 2 N–H and O–H groups in total. The van der Waals surface area contributed by atoms with E-state index in [-0.39, 0.29) is 5.91 Å². The molecular formula is C21H28N4O. The van der Waals surface area contributed by atoms with Gasteiger partial charge in [0.05, 0.1) is 17.8 Å². The summed E-state index contributed by atoms with van der Waals surface area (Å²) in [6, 6.07) is 8.77. The van der Waals surface area contributed by atoms with Crippen molar-refractivity contribution >= 4 is 5.91 Å². The van der Waals surface area contributed by atoms with Gasteiger partial charge >= 0.3 is 0 Å². The second-order valence-electron chi connectivity index (χ2n) is 7.56. The summed E-state index contributed by atoms with van der Waals surface area (Å²) < 4.78 is 2.25. The summed E-state index contributed by atoms with van der Waals surface area (Å²) in [6.45, 7) is 0.800. The van der Waals surface area contributed by atoms with Crippen molar-refractivity contribution in [1.82, 2.24) is 20.4 Å². The first kappa shape index (κ1) is 17.3. The number of hydrogen-bond acceptors (Lipinski definition) is 3. The Kier molecular flexibility index (Phi) is 5.07. The van der Waals surface area contributed by atoms with Gasteiger partial charge in [-0.1, -0.05) is 25.0 Å². The molecule has 0 bridgehead atoms. The maximum absolute atomic E-state index is 11.6. The smallest absolute Gasteiger partial charge is 0.251 e. The van der Waals surface area contributed by atoms with Crippen molar-refractivity contribution in [3.8, 4) is 0 Å². The Morgan fingerprint density at radius 3 is 2.65 bits per heavy atom. The van der Waals surface area contributed by atoms with Crippen LogP contribution in [0.4, 0.5) is 0 Å². The third-order valence-corrected chi connectivity index (χ3v) is 5.80. The monoisotopic (exact) mass is 352 g/mol. The molecule has 5 nitrogen and oxygen atoms in total. The summed E-state index contributed by atoms with van der Waals surface area (Å²) in [5.41, 5.74) is 4.58. The lowest BCUT2D eigenvalue weighted by molar-refractivity contribution is 0.0963. The summed E-state index contributed by atoms with van der Waals surface area (Å²) in [6.07, 6.45) is 11.0. The van der Waals surface area contributed by atoms with E-state index in [0.29, 0.717) is 17.6 Å². The second kappa shape index (κ2) is 7.62. The van der Waals surface area contributed by atoms with Crippen LogP contribution in [0.5, 0.6) is 0 Å². The fraction of sp³-hybridized carbons (Fsp3) is 0.524. The number of carbonyl (C=O) groups excluding carboxylic acids is 1. The Morgan fingerprint density at radius 2 is 1.92 bits per heavy atom. The Bertz CT molecular complexity index is 759. The van der Waals surface area contributed by atoms with Crippen molar-refractivity contribution in [2.45, 2.75) is 63.6 Å². The van der Waals surface area contributed by atoms with Gasteiger partial charge < -0.3 is 10.6 Å². The number of rotatable bonds is 5. The van der Waals surface area contributed by atoms with Gasteiger partial charge in [0.2, 0.25) is 0 Å². The van der Waals surface area contributed by atoms with Crippen LogP contribution in [0.2, 0.25) is 0 Å². The summed E-state index contributed by atoms with van der Waals surface area (Å²) in [7, 11) is 1.66. The molecule has 2 aliphatic carbocycles. The molecule has 1 heterocycles. The van der Waals surface area contributed by atoms with Crippen LogP contribution in [-0.4, -0.2) is 22.7 Å². The van der Waals surface area contributed by atoms with Gasteiger partial charge in [-0.25, -0.2) is 0 Å². The molecule has 2 aromatic rings. The highest BCUT2D eigenvalue weighted by Crippen LogP contribution is 2.33. The number of carbonyl (C=O) groups is 1. The lowest BCUT2D eigenvalue weighted by Crippen LogP contribution is -2.25. The van der Waals surface area contributed by atoms with Gasteiger partial charge in [0, 0.05) is 25.4 Å². The molecule has 5 heteroatoms. The number of nitrogens with zero attached hydrogens (tertiary/aromatic N) is 2. The molecule has 1 fully saturated rings. The van der Waals surface area contributed by atoms with Gasteiger partial charge in [-0.2, -0.15) is 5.10 Å². The first-order valence-electron chi connectivity index (χ1n) is 9.87. The molecule has 26 heavy (non-hydrogen) atoms. The van der Waals surface area contributed by atoms with Crippen molar-refractivity contribution in [1.29, 1.82) is 0 Å². The van der Waals surface area contributed by atoms with Crippen molar-refractivity contribution in [3.05, 3.63) is 52.8 Å². The molecule has 0 saturated heterocycles. The van der Waals surface area contributed by atoms with E-state index in [1.54, 1.807) is 7.05 Å². The van der Waals surface area contributed by atoms with E-state index < -0.39 is 0 Å². The number of benzene rings is 1. The Morgan fingerprint density at radius 1 is 1.15 bits per heavy atom. The average Bonchev–Trinajstić information content (AvgIpc) is 3.35. The summed E-state index contributed by atoms with van der Waals surface area (Å²) in [5.74, 6) is -0.0427. The highest BCUT2D eigenvalue weighted by Gasteiger charge is 2.26. The maximum Gasteiger partial charge on any atom is 0.251 e. The van der Waals surface area contributed by atoms with Crippen molar-refractivity contribution in [2.75, 3.05) is 7.05 Å². The van der Waals surface area contributed by atoms with Crippen molar-refractivity contribution in [2.24, 2.45) is 0 Å². The average molecular weight is 352 g/mol. The molecule has 1 amide bonds. The van der Waals surface area contributed by atoms with Crippen molar-refractivity contribution < 1.29 is 4.79 Å². The third kappa shape index (κ3) is 3.54. The van der Waals surface area contributed by atoms with Crippen LogP contribution in [0, 0.1) is 0 Å². The fourth-order valence-electron chi connectivity index (χ4n) is 4.28. The Balaban J connectivity index is 1.42. The fourth-order valence-corrected chi connectivity index (χ4v) is 4.28. The number of nitrogens with one attached hydrogen (secondary N) is 2. The van der Waals surface area contributed by atoms with Crippen LogP contribution in [0.3, 0.4) is 0 Å². The molecule has 0 spiro atoms. The van der Waals surface area contributed by atoms with E-state index in [4.69, 9.17) is 5.10 Å². The molecule has 4 rings (SSSR count). The van der Waals surface area contributed by atoms with E-state index in [1.165, 1.54) is 48.9 Å². The minimum Gasteiger partial charge on any atom is -0.355 e. The van der Waals surface area contributed by atoms with Crippen LogP contribution < -0.4 is 10.6 Å². The molecule has 138 valence electrons. The lowest BCUT2D eigenvalue weighted by Gasteiger charge is -2.22. The van der Waals surface area contributed by atoms with E-state index >= 15 is 0 Å². The topological polar surface area (TPSA) is 59.0 Å². The molecule has 1 aromatic carbocycles. The van der Waals surface area contributed by atoms with E-state index in [9.17, 15) is 4.79 Å². The van der Waals surface area contributed by atoms with Crippen LogP contribution in [-0.2, 0) is 13.0 Å². The number of amides is 1. The number of aryl methyl sites for hydroxylation is 1. The quantitative estimate of drug-likeness (QED) is 0.865. The summed E-state index contributed by atoms with van der Waals surface area (Å²) in [5, 5.41) is 11.3. The second-order valence-corrected chi connectivity index (χ2v) is 7.56. The predicted octanol–water partition coefficient (Wildman–Crippen LogP) is 3.53. The first-order valence-corrected chi connectivity index (χ1v) is 9.87. The maximum atomic E-state index is 11.6. The highest BCUT2D eigenvalue weighted by atomic mass is 16.1. The minimum absolute atomic E-state index is 0.0427. The molecule has 1 saturated carbocycles. The van der Waals surface area contributed by atoms with E-state index in [2.05, 4.69) is 21.5 Å². The lowest BCUT2D eigenvalue weighted by atomic mass is 9.93. The van der Waals surface area contributed by atoms with E-state index in [0.717, 1.165) is 19.4 Å². The number of aromatic nitrogens is 2. The zero-order valence-corrected chi connectivity index (χ0v) is 15.5. The van der Waals surface area contributed by atoms with Gasteiger partial charge in [0.15, 0.2) is 0 Å². The molecule has 0 radical (unpaired) electrons. The van der Waals surface area contributed by atoms with Gasteiger partial charge in [0.1, 0.15) is 0 Å². The first-order chi connectivity index (χ1) is 12.7. The van der Waals surface area contributed by atoms with Gasteiger partial charge in [0.25, 0.3) is 5.91 Å². The van der Waals surface area contributed by atoms with Gasteiger partial charge in [-0.15, -0.1) is 0 Å². The van der Waals surface area contributed by atoms with Crippen molar-refractivity contribution in [3.63, 3.8) is 0 Å². The van der Waals surface area contributed by atoms with Gasteiger partial charge in [-0.3, -0.25) is 9.48 Å². The SMILES string of the molecule is CNC(=O)c1ccc(CNC2CCCc3cn(C4CCCC4)nc32)cc1. The predicted molar refractivity (Wildman–Crippen MR) is 102 cm³/mol. The zero-order valence-electron chi connectivity index (χ0n) is 15.5. The summed E-state index contributed by atoms with van der Waals surface area (Å²) >= 11 is 0. The number of fused-ring (bicyclic) bond motifs is 1. The van der Waals surface area contributed by atoms with Crippen LogP contribution in [0.1, 0.15) is 77.8 Å². The minimum atomic E-state index is -0.0427. The van der Waals surface area contributed by atoms with Crippen LogP contribution in [0.25, 0.3) is 0 Å². The van der Waals surface area contributed by atoms with Gasteiger partial charge in [-0.05, 0) is 55.4 Å². The standard InChI is InChI=1S/C21H28N4O/c1-22-21(26)16-11-9-15(10-12-16)13-23-19-8-4-5-17-14-25(24-20(17)19)18-6-2-3-7-18/h9-12,14,18-19,23H,2-8,13H2,1H3,(H,22,26). The van der Waals surface area contributed by atoms with Crippen LogP contribution in [0.15, 0.2) is 30.5 Å². The van der Waals surface area contributed by atoms with E-state index in [1.807, 2.05) is 24.3 Å². The number of hydrogen-bond donors (Lipinski definition) is 2. The Labute approximate surface area is 155 Å². The normalized spacial score (nSPS) is 20.1.